The van der Waals surface area contributed by atoms with Crippen molar-refractivity contribution >= 4 is 50.5 Å². The van der Waals surface area contributed by atoms with Crippen LogP contribution in [-0.2, 0) is 4.79 Å². The molecule has 44 heavy (non-hydrogen) atoms. The number of nitrogens with zero attached hydrogens (tertiary/aromatic N) is 5. The molecule has 2 aromatic heterocycles. The van der Waals surface area contributed by atoms with Gasteiger partial charge in [-0.15, -0.1) is 0 Å². The van der Waals surface area contributed by atoms with E-state index in [0.29, 0.717) is 55.3 Å². The number of thiazole rings is 1. The monoisotopic (exact) mass is 611 g/mol. The summed E-state index contributed by atoms with van der Waals surface area (Å²) in [6.45, 7) is 7.87. The van der Waals surface area contributed by atoms with Gasteiger partial charge in [-0.05, 0) is 80.0 Å². The van der Waals surface area contributed by atoms with Gasteiger partial charge in [0.25, 0.3) is 0 Å². The van der Waals surface area contributed by atoms with Crippen molar-refractivity contribution < 1.29 is 14.7 Å². The van der Waals surface area contributed by atoms with Gasteiger partial charge < -0.3 is 15.3 Å². The van der Waals surface area contributed by atoms with E-state index >= 15 is 0 Å². The number of aromatic nitrogens is 2. The van der Waals surface area contributed by atoms with Gasteiger partial charge in [-0.3, -0.25) is 15.1 Å². The molecule has 3 aromatic rings. The molecule has 1 aromatic carbocycles. The van der Waals surface area contributed by atoms with E-state index in [4.69, 9.17) is 9.98 Å². The minimum absolute atomic E-state index is 0.229. The summed E-state index contributed by atoms with van der Waals surface area (Å²) in [6.07, 6.45) is 11.3. The second-order valence-electron chi connectivity index (χ2n) is 11.4. The number of carboxylic acids is 1. The van der Waals surface area contributed by atoms with E-state index in [1.807, 2.05) is 32.2 Å². The summed E-state index contributed by atoms with van der Waals surface area (Å²) >= 11 is 1.37. The lowest BCUT2D eigenvalue weighted by Crippen LogP contribution is -2.43. The molecule has 2 aliphatic heterocycles. The van der Waals surface area contributed by atoms with E-state index in [2.05, 4.69) is 51.7 Å². The number of likely N-dealkylation sites (tertiary alicyclic amines) is 1. The topological polar surface area (TPSA) is 144 Å². The zero-order valence-corrected chi connectivity index (χ0v) is 26.1. The number of aliphatic carboxylic acids is 1. The SMILES string of the molecule is CCCC1(C(=O)O)CCN(C2=CCC(C)C=C(c3cc(-c4ccc(C#N)cn4)c4sc(NC(=O)NCC)nc4c3)C=N2)CC1. The number of rotatable bonds is 8. The van der Waals surface area contributed by atoms with Gasteiger partial charge in [-0.1, -0.05) is 37.7 Å². The van der Waals surface area contributed by atoms with Crippen LogP contribution in [0.15, 0.2) is 53.4 Å². The summed E-state index contributed by atoms with van der Waals surface area (Å²) in [5.41, 5.74) is 3.94. The number of amides is 2. The quantitative estimate of drug-likeness (QED) is 0.258. The highest BCUT2D eigenvalue weighted by Gasteiger charge is 2.41. The molecule has 5 rings (SSSR count). The van der Waals surface area contributed by atoms with Crippen LogP contribution in [0.5, 0.6) is 0 Å². The average molecular weight is 612 g/mol. The maximum atomic E-state index is 12.2. The second kappa shape index (κ2) is 13.4. The summed E-state index contributed by atoms with van der Waals surface area (Å²) in [5, 5.41) is 25.3. The van der Waals surface area contributed by atoms with E-state index < -0.39 is 11.4 Å². The first-order valence-corrected chi connectivity index (χ1v) is 15.9. The Balaban J connectivity index is 1.49. The predicted molar refractivity (Wildman–Crippen MR) is 174 cm³/mol. The highest BCUT2D eigenvalue weighted by Crippen LogP contribution is 2.39. The molecular formula is C33H37N7O3S. The highest BCUT2D eigenvalue weighted by molar-refractivity contribution is 7.22. The molecule has 1 fully saturated rings. The van der Waals surface area contributed by atoms with Gasteiger partial charge in [0, 0.05) is 37.6 Å². The van der Waals surface area contributed by atoms with Gasteiger partial charge in [-0.25, -0.2) is 14.8 Å². The van der Waals surface area contributed by atoms with Crippen molar-refractivity contribution in [2.75, 3.05) is 25.0 Å². The molecule has 0 aliphatic carbocycles. The van der Waals surface area contributed by atoms with E-state index in [-0.39, 0.29) is 11.9 Å². The molecule has 228 valence electrons. The number of aliphatic imine (C=N–C) groups is 1. The minimum Gasteiger partial charge on any atom is -0.481 e. The Morgan fingerprint density at radius 1 is 1.23 bits per heavy atom. The number of allylic oxidation sites excluding steroid dienone is 3. The Morgan fingerprint density at radius 3 is 2.68 bits per heavy atom. The first kappa shape index (κ1) is 30.9. The summed E-state index contributed by atoms with van der Waals surface area (Å²) in [4.78, 5) is 40.8. The number of carboxylic acid groups (broad SMARTS) is 1. The Bertz CT molecular complexity index is 1680. The lowest BCUT2D eigenvalue weighted by atomic mass is 9.75. The fraction of sp³-hybridized carbons (Fsp3) is 0.394. The number of pyridine rings is 1. The number of piperidine rings is 1. The molecule has 0 radical (unpaired) electrons. The van der Waals surface area contributed by atoms with Crippen LogP contribution in [-0.4, -0.2) is 57.8 Å². The van der Waals surface area contributed by atoms with Crippen LogP contribution in [0.4, 0.5) is 9.93 Å². The van der Waals surface area contributed by atoms with Crippen molar-refractivity contribution in [3.05, 3.63) is 59.6 Å². The van der Waals surface area contributed by atoms with Crippen molar-refractivity contribution in [2.45, 2.75) is 52.9 Å². The third-order valence-corrected chi connectivity index (χ3v) is 9.27. The molecule has 1 atom stereocenters. The van der Waals surface area contributed by atoms with Gasteiger partial charge in [0.1, 0.15) is 11.9 Å². The summed E-state index contributed by atoms with van der Waals surface area (Å²) in [7, 11) is 0. The number of carbonyl (C=O) groups is 2. The van der Waals surface area contributed by atoms with Crippen LogP contribution in [0.2, 0.25) is 0 Å². The summed E-state index contributed by atoms with van der Waals surface area (Å²) in [5.74, 6) is 0.407. The maximum Gasteiger partial charge on any atom is 0.321 e. The van der Waals surface area contributed by atoms with Crippen LogP contribution >= 0.6 is 11.3 Å². The molecule has 10 nitrogen and oxygen atoms in total. The van der Waals surface area contributed by atoms with Crippen molar-refractivity contribution in [1.29, 1.82) is 5.26 Å². The van der Waals surface area contributed by atoms with Crippen LogP contribution in [0.25, 0.3) is 27.0 Å². The number of hydrogen-bond donors (Lipinski definition) is 3. The number of nitrogens with one attached hydrogen (secondary N) is 2. The van der Waals surface area contributed by atoms with Crippen molar-refractivity contribution in [3.8, 4) is 17.3 Å². The Morgan fingerprint density at radius 2 is 2.02 bits per heavy atom. The van der Waals surface area contributed by atoms with Crippen LogP contribution in [0.1, 0.15) is 64.0 Å². The zero-order valence-electron chi connectivity index (χ0n) is 25.3. The number of carbonyl (C=O) groups excluding carboxylic acids is 1. The molecule has 1 saturated heterocycles. The smallest absolute Gasteiger partial charge is 0.321 e. The Hall–Kier alpha value is -4.56. The number of anilines is 1. The number of fused-ring (bicyclic) bond motifs is 1. The molecule has 3 N–H and O–H groups in total. The standard InChI is InChI=1S/C33H37N7O3S/c1-4-10-33(30(41)42)11-13-40(14-12-33)28-9-6-21(3)15-24(20-37-28)23-16-25(26-8-7-22(18-34)19-36-26)29-27(17-23)38-32(44-29)39-31(43)35-5-2/h7-9,15-17,19-21H,4-6,10-14H2,1-3H3,(H,41,42)(H2,35,38,39,43). The molecule has 0 spiro atoms. The van der Waals surface area contributed by atoms with Crippen LogP contribution in [0.3, 0.4) is 0 Å². The summed E-state index contributed by atoms with van der Waals surface area (Å²) in [6, 6.07) is 9.43. The highest BCUT2D eigenvalue weighted by atomic mass is 32.1. The van der Waals surface area contributed by atoms with Gasteiger partial charge in [0.2, 0.25) is 0 Å². The van der Waals surface area contributed by atoms with E-state index in [1.54, 1.807) is 12.3 Å². The minimum atomic E-state index is -0.692. The van der Waals surface area contributed by atoms with Gasteiger partial charge >= 0.3 is 12.0 Å². The van der Waals surface area contributed by atoms with Crippen molar-refractivity contribution in [2.24, 2.45) is 16.3 Å². The fourth-order valence-electron chi connectivity index (χ4n) is 5.86. The molecule has 2 aliphatic rings. The van der Waals surface area contributed by atoms with Crippen molar-refractivity contribution in [1.82, 2.24) is 20.2 Å². The Labute approximate surface area is 261 Å². The molecule has 0 bridgehead atoms. The first-order valence-electron chi connectivity index (χ1n) is 15.1. The number of hydrogen-bond acceptors (Lipinski definition) is 8. The normalized spacial score (nSPS) is 18.0. The number of benzene rings is 1. The van der Waals surface area contributed by atoms with Crippen LogP contribution < -0.4 is 10.6 Å². The van der Waals surface area contributed by atoms with Crippen LogP contribution in [0, 0.1) is 22.7 Å². The molecule has 11 heteroatoms. The van der Waals surface area contributed by atoms with E-state index in [0.717, 1.165) is 45.6 Å². The maximum absolute atomic E-state index is 12.2. The third kappa shape index (κ3) is 6.65. The third-order valence-electron chi connectivity index (χ3n) is 8.25. The predicted octanol–water partition coefficient (Wildman–Crippen LogP) is 6.67. The molecule has 2 amide bonds. The second-order valence-corrected chi connectivity index (χ2v) is 12.4. The first-order chi connectivity index (χ1) is 21.2. The number of urea groups is 1. The molecular weight excluding hydrogens is 574 g/mol. The van der Waals surface area contributed by atoms with Gasteiger partial charge in [-0.2, -0.15) is 5.26 Å². The van der Waals surface area contributed by atoms with E-state index in [9.17, 15) is 20.0 Å². The molecule has 0 saturated carbocycles. The summed E-state index contributed by atoms with van der Waals surface area (Å²) < 4.78 is 0.872. The lowest BCUT2D eigenvalue weighted by molar-refractivity contribution is -0.152. The van der Waals surface area contributed by atoms with Gasteiger partial charge in [0.05, 0.1) is 26.9 Å². The largest absolute Gasteiger partial charge is 0.481 e. The van der Waals surface area contributed by atoms with Crippen molar-refractivity contribution in [3.63, 3.8) is 0 Å². The molecule has 4 heterocycles. The average Bonchev–Trinajstić information content (AvgIpc) is 3.41. The van der Waals surface area contributed by atoms with E-state index in [1.165, 1.54) is 11.3 Å². The molecule has 1 unspecified atom stereocenters. The van der Waals surface area contributed by atoms with Gasteiger partial charge in [0.15, 0.2) is 5.13 Å². The number of nitriles is 1. The lowest BCUT2D eigenvalue weighted by Gasteiger charge is -2.40. The Kier molecular flexibility index (Phi) is 9.40. The fourth-order valence-corrected chi connectivity index (χ4v) is 6.82. The zero-order chi connectivity index (χ0) is 31.3.